The predicted octanol–water partition coefficient (Wildman–Crippen LogP) is 1.94. The largest absolute Gasteiger partial charge is 0.395 e. The summed E-state index contributed by atoms with van der Waals surface area (Å²) in [5.74, 6) is 0.765. The summed E-state index contributed by atoms with van der Waals surface area (Å²) in [7, 11) is 0. The van der Waals surface area contributed by atoms with E-state index < -0.39 is 6.10 Å². The van der Waals surface area contributed by atoms with E-state index in [4.69, 9.17) is 9.84 Å². The fourth-order valence-electron chi connectivity index (χ4n) is 4.31. The Labute approximate surface area is 129 Å². The van der Waals surface area contributed by atoms with Crippen LogP contribution in [0.1, 0.15) is 53.4 Å². The second kappa shape index (κ2) is 6.53. The normalized spacial score (nSPS) is 36.9. The van der Waals surface area contributed by atoms with Crippen LogP contribution < -0.4 is 5.32 Å². The minimum atomic E-state index is -0.503. The number of fused-ring (bicyclic) bond motifs is 2. The Bertz CT molecular complexity index is 343. The van der Waals surface area contributed by atoms with Gasteiger partial charge in [-0.1, -0.05) is 27.7 Å². The Kier molecular flexibility index (Phi) is 5.35. The van der Waals surface area contributed by atoms with E-state index in [0.29, 0.717) is 18.6 Å². The van der Waals surface area contributed by atoms with Gasteiger partial charge in [0.15, 0.2) is 0 Å². The van der Waals surface area contributed by atoms with Gasteiger partial charge in [0.1, 0.15) is 0 Å². The molecule has 2 rings (SSSR count). The lowest BCUT2D eigenvalue weighted by molar-refractivity contribution is -0.0746. The first-order valence-electron chi connectivity index (χ1n) is 8.49. The van der Waals surface area contributed by atoms with Gasteiger partial charge in [0.05, 0.1) is 25.4 Å². The molecule has 0 aromatic rings. The molecule has 2 aliphatic rings. The number of rotatable bonds is 8. The molecule has 2 saturated carbocycles. The standard InChI is InChI=1S/C17H33NO3/c1-5-13(10-19)18-9-14(20)11-21-15-8-12-6-7-17(15,4)16(12,2)3/h12-15,18-20H,5-11H2,1-4H3/t12-,13-,14+,15+,17-/m0/s1. The van der Waals surface area contributed by atoms with E-state index in [1.54, 1.807) is 0 Å². The summed E-state index contributed by atoms with van der Waals surface area (Å²) in [6.07, 6.45) is 4.34. The van der Waals surface area contributed by atoms with Gasteiger partial charge in [-0.05, 0) is 42.4 Å². The van der Waals surface area contributed by atoms with E-state index in [-0.39, 0.29) is 24.2 Å². The van der Waals surface area contributed by atoms with Crippen molar-refractivity contribution in [3.8, 4) is 0 Å². The third-order valence-electron chi connectivity index (χ3n) is 6.56. The highest BCUT2D eigenvalue weighted by atomic mass is 16.5. The van der Waals surface area contributed by atoms with Crippen LogP contribution in [0.15, 0.2) is 0 Å². The molecule has 2 bridgehead atoms. The van der Waals surface area contributed by atoms with Crippen LogP contribution in [0, 0.1) is 16.7 Å². The zero-order chi connectivity index (χ0) is 15.7. The zero-order valence-corrected chi connectivity index (χ0v) is 14.1. The number of hydrogen-bond acceptors (Lipinski definition) is 4. The SMILES string of the molecule is CC[C@@H](CO)NC[C@@H](O)CO[C@@H]1C[C@@H]2CC[C@]1(C)C2(C)C. The average molecular weight is 299 g/mol. The number of nitrogens with one attached hydrogen (secondary N) is 1. The Morgan fingerprint density at radius 1 is 1.33 bits per heavy atom. The summed E-state index contributed by atoms with van der Waals surface area (Å²) in [4.78, 5) is 0. The smallest absolute Gasteiger partial charge is 0.0897 e. The van der Waals surface area contributed by atoms with E-state index in [2.05, 4.69) is 26.1 Å². The van der Waals surface area contributed by atoms with Crippen LogP contribution >= 0.6 is 0 Å². The topological polar surface area (TPSA) is 61.7 Å². The molecule has 0 unspecified atom stereocenters. The van der Waals surface area contributed by atoms with Crippen LogP contribution in [-0.4, -0.2) is 48.2 Å². The Morgan fingerprint density at radius 2 is 2.05 bits per heavy atom. The molecule has 5 atom stereocenters. The van der Waals surface area contributed by atoms with Crippen LogP contribution in [0.25, 0.3) is 0 Å². The van der Waals surface area contributed by atoms with Crippen molar-refractivity contribution in [2.24, 2.45) is 16.7 Å². The van der Waals surface area contributed by atoms with Gasteiger partial charge in [-0.25, -0.2) is 0 Å². The van der Waals surface area contributed by atoms with Crippen LogP contribution in [0.5, 0.6) is 0 Å². The van der Waals surface area contributed by atoms with Crippen molar-refractivity contribution in [2.75, 3.05) is 19.8 Å². The fourth-order valence-corrected chi connectivity index (χ4v) is 4.31. The maximum Gasteiger partial charge on any atom is 0.0897 e. The molecule has 0 aliphatic heterocycles. The van der Waals surface area contributed by atoms with E-state index in [9.17, 15) is 5.11 Å². The van der Waals surface area contributed by atoms with E-state index >= 15 is 0 Å². The molecule has 124 valence electrons. The molecule has 4 heteroatoms. The van der Waals surface area contributed by atoms with Crippen molar-refractivity contribution in [2.45, 2.75) is 71.6 Å². The molecular formula is C17H33NO3. The summed E-state index contributed by atoms with van der Waals surface area (Å²) in [6, 6.07) is 0.0681. The quantitative estimate of drug-likeness (QED) is 0.641. The second-order valence-corrected chi connectivity index (χ2v) is 7.78. The van der Waals surface area contributed by atoms with E-state index in [0.717, 1.165) is 18.8 Å². The number of ether oxygens (including phenoxy) is 1. The molecule has 2 fully saturated rings. The average Bonchev–Trinajstić information content (AvgIpc) is 2.79. The van der Waals surface area contributed by atoms with Gasteiger partial charge in [0.25, 0.3) is 0 Å². The second-order valence-electron chi connectivity index (χ2n) is 7.78. The maximum atomic E-state index is 10.1. The molecule has 0 aromatic carbocycles. The fraction of sp³-hybridized carbons (Fsp3) is 1.00. The number of aliphatic hydroxyl groups excluding tert-OH is 2. The highest BCUT2D eigenvalue weighted by molar-refractivity contribution is 5.11. The molecule has 0 heterocycles. The molecule has 3 N–H and O–H groups in total. The van der Waals surface area contributed by atoms with Crippen molar-refractivity contribution in [3.05, 3.63) is 0 Å². The molecule has 0 amide bonds. The lowest BCUT2D eigenvalue weighted by Gasteiger charge is -2.39. The zero-order valence-electron chi connectivity index (χ0n) is 14.1. The lowest BCUT2D eigenvalue weighted by atomic mass is 9.70. The van der Waals surface area contributed by atoms with Crippen molar-refractivity contribution in [1.82, 2.24) is 5.32 Å². The summed E-state index contributed by atoms with van der Waals surface area (Å²) < 4.78 is 6.08. The van der Waals surface area contributed by atoms with Gasteiger partial charge in [0.2, 0.25) is 0 Å². The van der Waals surface area contributed by atoms with Gasteiger partial charge in [-0.2, -0.15) is 0 Å². The number of aliphatic hydroxyl groups is 2. The first-order chi connectivity index (χ1) is 9.85. The minimum absolute atomic E-state index is 0.0681. The Morgan fingerprint density at radius 3 is 2.52 bits per heavy atom. The van der Waals surface area contributed by atoms with Gasteiger partial charge >= 0.3 is 0 Å². The lowest BCUT2D eigenvalue weighted by Crippen LogP contribution is -2.42. The van der Waals surface area contributed by atoms with Crippen molar-refractivity contribution in [3.63, 3.8) is 0 Å². The van der Waals surface area contributed by atoms with Gasteiger partial charge in [-0.3, -0.25) is 0 Å². The van der Waals surface area contributed by atoms with Crippen LogP contribution in [0.3, 0.4) is 0 Å². The molecule has 0 saturated heterocycles. The van der Waals surface area contributed by atoms with Crippen molar-refractivity contribution >= 4 is 0 Å². The third-order valence-corrected chi connectivity index (χ3v) is 6.56. The van der Waals surface area contributed by atoms with Gasteiger partial charge in [0, 0.05) is 12.6 Å². The van der Waals surface area contributed by atoms with Gasteiger partial charge in [-0.15, -0.1) is 0 Å². The molecule has 0 aromatic heterocycles. The minimum Gasteiger partial charge on any atom is -0.395 e. The maximum absolute atomic E-state index is 10.1. The molecule has 21 heavy (non-hydrogen) atoms. The highest BCUT2D eigenvalue weighted by Crippen LogP contribution is 2.66. The molecule has 0 spiro atoms. The molecule has 4 nitrogen and oxygen atoms in total. The molecular weight excluding hydrogens is 266 g/mol. The third kappa shape index (κ3) is 3.14. The number of hydrogen-bond donors (Lipinski definition) is 3. The van der Waals surface area contributed by atoms with Crippen LogP contribution in [-0.2, 0) is 4.74 Å². The molecule has 2 aliphatic carbocycles. The first kappa shape index (κ1) is 17.2. The summed E-state index contributed by atoms with van der Waals surface area (Å²) in [6.45, 7) is 10.1. The Hall–Kier alpha value is -0.160. The summed E-state index contributed by atoms with van der Waals surface area (Å²) >= 11 is 0. The highest BCUT2D eigenvalue weighted by Gasteiger charge is 2.61. The summed E-state index contributed by atoms with van der Waals surface area (Å²) in [5.41, 5.74) is 0.604. The van der Waals surface area contributed by atoms with E-state index in [1.807, 2.05) is 6.92 Å². The van der Waals surface area contributed by atoms with Gasteiger partial charge < -0.3 is 20.3 Å². The van der Waals surface area contributed by atoms with E-state index in [1.165, 1.54) is 12.8 Å². The molecule has 0 radical (unpaired) electrons. The van der Waals surface area contributed by atoms with Crippen molar-refractivity contribution < 1.29 is 14.9 Å². The first-order valence-corrected chi connectivity index (χ1v) is 8.49. The van der Waals surface area contributed by atoms with Crippen molar-refractivity contribution in [1.29, 1.82) is 0 Å². The monoisotopic (exact) mass is 299 g/mol. The van der Waals surface area contributed by atoms with Crippen LogP contribution in [0.4, 0.5) is 0 Å². The predicted molar refractivity (Wildman–Crippen MR) is 84.1 cm³/mol. The Balaban J connectivity index is 1.77. The summed E-state index contributed by atoms with van der Waals surface area (Å²) in [5, 5.41) is 22.4. The van der Waals surface area contributed by atoms with Crippen LogP contribution in [0.2, 0.25) is 0 Å².